The molecular formula is C15H19ClN2O3. The van der Waals surface area contributed by atoms with Crippen LogP contribution >= 0.6 is 11.6 Å². The summed E-state index contributed by atoms with van der Waals surface area (Å²) in [4.78, 5) is 25.1. The topological polar surface area (TPSA) is 58.6 Å². The van der Waals surface area contributed by atoms with Crippen LogP contribution in [-0.2, 0) is 9.59 Å². The van der Waals surface area contributed by atoms with E-state index in [0.29, 0.717) is 23.0 Å². The SMILES string of the molecule is C=CCN(C(C)=O)C(C)C(=O)Nc1ccc(OC)c(Cl)c1. The van der Waals surface area contributed by atoms with Crippen molar-refractivity contribution >= 4 is 29.1 Å². The molecule has 114 valence electrons. The summed E-state index contributed by atoms with van der Waals surface area (Å²) in [6.45, 7) is 6.97. The normalized spacial score (nSPS) is 11.4. The molecule has 1 N–H and O–H groups in total. The smallest absolute Gasteiger partial charge is 0.246 e. The maximum atomic E-state index is 12.2. The largest absolute Gasteiger partial charge is 0.495 e. The van der Waals surface area contributed by atoms with Gasteiger partial charge in [0.1, 0.15) is 11.8 Å². The van der Waals surface area contributed by atoms with Crippen LogP contribution in [0, 0.1) is 0 Å². The van der Waals surface area contributed by atoms with Crippen molar-refractivity contribution in [1.29, 1.82) is 0 Å². The zero-order chi connectivity index (χ0) is 16.0. The van der Waals surface area contributed by atoms with Crippen molar-refractivity contribution in [3.05, 3.63) is 35.9 Å². The third-order valence-electron chi connectivity index (χ3n) is 3.00. The van der Waals surface area contributed by atoms with Crippen LogP contribution in [-0.4, -0.2) is 36.4 Å². The first-order valence-electron chi connectivity index (χ1n) is 6.43. The second-order valence-corrected chi connectivity index (χ2v) is 4.88. The first-order valence-corrected chi connectivity index (χ1v) is 6.81. The third-order valence-corrected chi connectivity index (χ3v) is 3.29. The van der Waals surface area contributed by atoms with E-state index < -0.39 is 6.04 Å². The second-order valence-electron chi connectivity index (χ2n) is 4.47. The molecule has 0 bridgehead atoms. The van der Waals surface area contributed by atoms with Crippen LogP contribution in [0.4, 0.5) is 5.69 Å². The highest BCUT2D eigenvalue weighted by molar-refractivity contribution is 6.32. The molecule has 1 aromatic rings. The van der Waals surface area contributed by atoms with Crippen molar-refractivity contribution in [2.75, 3.05) is 19.0 Å². The molecule has 0 heterocycles. The number of hydrogen-bond donors (Lipinski definition) is 1. The van der Waals surface area contributed by atoms with E-state index in [4.69, 9.17) is 16.3 Å². The maximum Gasteiger partial charge on any atom is 0.246 e. The Kier molecular flexibility index (Phi) is 6.24. The van der Waals surface area contributed by atoms with Crippen LogP contribution in [0.15, 0.2) is 30.9 Å². The first-order chi connectivity index (χ1) is 9.90. The van der Waals surface area contributed by atoms with Crippen molar-refractivity contribution in [3.63, 3.8) is 0 Å². The van der Waals surface area contributed by atoms with E-state index in [2.05, 4.69) is 11.9 Å². The number of carbonyl (C=O) groups is 2. The number of carbonyl (C=O) groups excluding carboxylic acids is 2. The average Bonchev–Trinajstić information content (AvgIpc) is 2.43. The van der Waals surface area contributed by atoms with Gasteiger partial charge in [0.15, 0.2) is 0 Å². The summed E-state index contributed by atoms with van der Waals surface area (Å²) in [6, 6.07) is 4.33. The van der Waals surface area contributed by atoms with Gasteiger partial charge in [0.2, 0.25) is 11.8 Å². The van der Waals surface area contributed by atoms with Gasteiger partial charge in [-0.3, -0.25) is 9.59 Å². The first kappa shape index (κ1) is 17.0. The van der Waals surface area contributed by atoms with E-state index in [0.717, 1.165) is 0 Å². The monoisotopic (exact) mass is 310 g/mol. The van der Waals surface area contributed by atoms with Gasteiger partial charge in [0, 0.05) is 19.2 Å². The number of anilines is 1. The van der Waals surface area contributed by atoms with E-state index in [-0.39, 0.29) is 11.8 Å². The summed E-state index contributed by atoms with van der Waals surface area (Å²) in [6.07, 6.45) is 1.58. The second kappa shape index (κ2) is 7.69. The average molecular weight is 311 g/mol. The summed E-state index contributed by atoms with van der Waals surface area (Å²) in [5, 5.41) is 3.12. The fourth-order valence-corrected chi connectivity index (χ4v) is 2.09. The highest BCUT2D eigenvalue weighted by Crippen LogP contribution is 2.27. The Bertz CT molecular complexity index is 546. The predicted octanol–water partition coefficient (Wildman–Crippen LogP) is 2.71. The van der Waals surface area contributed by atoms with E-state index in [1.807, 2.05) is 0 Å². The van der Waals surface area contributed by atoms with Gasteiger partial charge in [-0.1, -0.05) is 17.7 Å². The number of benzene rings is 1. The molecule has 0 aliphatic heterocycles. The highest BCUT2D eigenvalue weighted by Gasteiger charge is 2.22. The van der Waals surface area contributed by atoms with E-state index in [1.165, 1.54) is 18.9 Å². The predicted molar refractivity (Wildman–Crippen MR) is 83.7 cm³/mol. The molecule has 21 heavy (non-hydrogen) atoms. The Morgan fingerprint density at radius 2 is 2.19 bits per heavy atom. The standard InChI is InChI=1S/C15H19ClN2O3/c1-5-8-18(11(3)19)10(2)15(20)17-12-6-7-14(21-4)13(16)9-12/h5-7,9-10H,1,8H2,2-4H3,(H,17,20). The van der Waals surface area contributed by atoms with E-state index in [9.17, 15) is 9.59 Å². The lowest BCUT2D eigenvalue weighted by Gasteiger charge is -2.26. The molecule has 5 nitrogen and oxygen atoms in total. The van der Waals surface area contributed by atoms with Crippen molar-refractivity contribution in [3.8, 4) is 5.75 Å². The molecule has 0 aliphatic rings. The molecule has 1 aromatic carbocycles. The Balaban J connectivity index is 2.82. The summed E-state index contributed by atoms with van der Waals surface area (Å²) in [5.74, 6) is 0.0401. The van der Waals surface area contributed by atoms with Crippen molar-refractivity contribution in [2.24, 2.45) is 0 Å². The summed E-state index contributed by atoms with van der Waals surface area (Å²) in [7, 11) is 1.52. The minimum atomic E-state index is -0.610. The lowest BCUT2D eigenvalue weighted by atomic mass is 10.2. The van der Waals surface area contributed by atoms with Crippen LogP contribution in [0.5, 0.6) is 5.75 Å². The van der Waals surface area contributed by atoms with Crippen molar-refractivity contribution in [2.45, 2.75) is 19.9 Å². The molecule has 0 aliphatic carbocycles. The lowest BCUT2D eigenvalue weighted by molar-refractivity contribution is -0.135. The molecule has 6 heteroatoms. The number of nitrogens with one attached hydrogen (secondary N) is 1. The number of nitrogens with zero attached hydrogens (tertiary/aromatic N) is 1. The minimum Gasteiger partial charge on any atom is -0.495 e. The molecule has 1 rings (SSSR count). The summed E-state index contributed by atoms with van der Waals surface area (Å²) in [5.41, 5.74) is 0.541. The Morgan fingerprint density at radius 3 is 2.67 bits per heavy atom. The highest BCUT2D eigenvalue weighted by atomic mass is 35.5. The van der Waals surface area contributed by atoms with Gasteiger partial charge in [-0.05, 0) is 25.1 Å². The molecule has 0 saturated heterocycles. The maximum absolute atomic E-state index is 12.2. The zero-order valence-electron chi connectivity index (χ0n) is 12.4. The van der Waals surface area contributed by atoms with Gasteiger partial charge in [0.25, 0.3) is 0 Å². The minimum absolute atomic E-state index is 0.190. The lowest BCUT2D eigenvalue weighted by Crippen LogP contribution is -2.44. The van der Waals surface area contributed by atoms with Crippen LogP contribution in [0.3, 0.4) is 0 Å². The van der Waals surface area contributed by atoms with Crippen molar-refractivity contribution in [1.82, 2.24) is 4.90 Å². The molecule has 0 saturated carbocycles. The zero-order valence-corrected chi connectivity index (χ0v) is 13.1. The van der Waals surface area contributed by atoms with Gasteiger partial charge in [-0.15, -0.1) is 6.58 Å². The number of ether oxygens (including phenoxy) is 1. The fraction of sp³-hybridized carbons (Fsp3) is 0.333. The Morgan fingerprint density at radius 1 is 1.52 bits per heavy atom. The molecule has 1 atom stereocenters. The number of methoxy groups -OCH3 is 1. The molecule has 0 radical (unpaired) electrons. The van der Waals surface area contributed by atoms with E-state index >= 15 is 0 Å². The molecule has 2 amide bonds. The third kappa shape index (κ3) is 4.49. The Hall–Kier alpha value is -2.01. The Labute approximate surface area is 129 Å². The van der Waals surface area contributed by atoms with Gasteiger partial charge in [-0.25, -0.2) is 0 Å². The van der Waals surface area contributed by atoms with Crippen LogP contribution < -0.4 is 10.1 Å². The molecule has 1 unspecified atom stereocenters. The fourth-order valence-electron chi connectivity index (χ4n) is 1.83. The molecule has 0 fully saturated rings. The summed E-state index contributed by atoms with van der Waals surface area (Å²) >= 11 is 6.00. The van der Waals surface area contributed by atoms with Crippen LogP contribution in [0.25, 0.3) is 0 Å². The van der Waals surface area contributed by atoms with E-state index in [1.54, 1.807) is 31.2 Å². The quantitative estimate of drug-likeness (QED) is 0.822. The van der Waals surface area contributed by atoms with Crippen LogP contribution in [0.2, 0.25) is 5.02 Å². The van der Waals surface area contributed by atoms with Gasteiger partial charge in [0.05, 0.1) is 12.1 Å². The van der Waals surface area contributed by atoms with Crippen LogP contribution in [0.1, 0.15) is 13.8 Å². The molecule has 0 spiro atoms. The number of amides is 2. The number of halogens is 1. The summed E-state index contributed by atoms with van der Waals surface area (Å²) < 4.78 is 5.05. The van der Waals surface area contributed by atoms with Crippen molar-refractivity contribution < 1.29 is 14.3 Å². The molecule has 0 aromatic heterocycles. The van der Waals surface area contributed by atoms with Gasteiger partial charge in [-0.2, -0.15) is 0 Å². The number of hydrogen-bond acceptors (Lipinski definition) is 3. The number of rotatable bonds is 6. The molecular weight excluding hydrogens is 292 g/mol. The van der Waals surface area contributed by atoms with Gasteiger partial charge >= 0.3 is 0 Å². The van der Waals surface area contributed by atoms with Gasteiger partial charge < -0.3 is 15.0 Å².